The molecule has 0 aliphatic carbocycles. The number of thiophene rings is 1. The maximum atomic E-state index is 13.7. The van der Waals surface area contributed by atoms with E-state index in [0.29, 0.717) is 0 Å². The van der Waals surface area contributed by atoms with Gasteiger partial charge < -0.3 is 0 Å². The number of hydrogen-bond donors (Lipinski definition) is 0. The molecule has 0 saturated heterocycles. The smallest absolute Gasteiger partial charge is 0.141 e. The number of halogens is 1. The van der Waals surface area contributed by atoms with Gasteiger partial charge in [-0.1, -0.05) is 30.3 Å². The van der Waals surface area contributed by atoms with E-state index in [0.717, 1.165) is 16.9 Å². The monoisotopic (exact) mass is 307 g/mol. The van der Waals surface area contributed by atoms with Crippen LogP contribution in [0.15, 0.2) is 54.6 Å². The molecule has 3 aromatic rings. The van der Waals surface area contributed by atoms with Crippen LogP contribution in [0.3, 0.4) is 0 Å². The Hall–Kier alpha value is -2.44. The van der Waals surface area contributed by atoms with Crippen LogP contribution >= 0.6 is 11.3 Å². The topological polar surface area (TPSA) is 23.8 Å². The fourth-order valence-corrected chi connectivity index (χ4v) is 3.41. The first kappa shape index (κ1) is 14.5. The molecule has 0 aliphatic heterocycles. The summed E-state index contributed by atoms with van der Waals surface area (Å²) < 4.78 is 13.7. The molecular formula is C19H14FNS. The van der Waals surface area contributed by atoms with Crippen molar-refractivity contribution in [3.8, 4) is 16.5 Å². The maximum absolute atomic E-state index is 13.7. The third-order valence-corrected chi connectivity index (χ3v) is 4.80. The maximum Gasteiger partial charge on any atom is 0.141 e. The predicted molar refractivity (Wildman–Crippen MR) is 88.4 cm³/mol. The van der Waals surface area contributed by atoms with Gasteiger partial charge in [0.2, 0.25) is 0 Å². The average Bonchev–Trinajstić information content (AvgIpc) is 2.98. The van der Waals surface area contributed by atoms with Gasteiger partial charge in [-0.05, 0) is 47.9 Å². The highest BCUT2D eigenvalue weighted by Gasteiger charge is 2.08. The molecule has 0 amide bonds. The third-order valence-electron chi connectivity index (χ3n) is 3.66. The first-order valence-corrected chi connectivity index (χ1v) is 7.82. The molecule has 0 atom stereocenters. The Morgan fingerprint density at radius 2 is 1.91 bits per heavy atom. The fraction of sp³-hybridized carbons (Fsp3) is 0.105. The van der Waals surface area contributed by atoms with E-state index in [1.807, 2.05) is 24.3 Å². The molecular weight excluding hydrogens is 293 g/mol. The van der Waals surface area contributed by atoms with E-state index in [1.54, 1.807) is 17.4 Å². The van der Waals surface area contributed by atoms with Gasteiger partial charge in [-0.2, -0.15) is 5.26 Å². The van der Waals surface area contributed by atoms with Crippen molar-refractivity contribution in [2.24, 2.45) is 0 Å². The van der Waals surface area contributed by atoms with Crippen LogP contribution in [0, 0.1) is 24.1 Å². The normalized spacial score (nSPS) is 10.4. The van der Waals surface area contributed by atoms with Gasteiger partial charge in [0.25, 0.3) is 0 Å². The summed E-state index contributed by atoms with van der Waals surface area (Å²) in [4.78, 5) is 2.26. The number of benzene rings is 2. The van der Waals surface area contributed by atoms with Gasteiger partial charge in [-0.15, -0.1) is 11.3 Å². The van der Waals surface area contributed by atoms with Crippen LogP contribution in [0.1, 0.15) is 21.6 Å². The summed E-state index contributed by atoms with van der Waals surface area (Å²) in [5.74, 6) is -0.464. The first-order chi connectivity index (χ1) is 10.7. The summed E-state index contributed by atoms with van der Waals surface area (Å²) in [6.07, 6.45) is 0.885. The number of hydrogen-bond acceptors (Lipinski definition) is 2. The number of nitrogens with zero attached hydrogens (tertiary/aromatic N) is 1. The van der Waals surface area contributed by atoms with Crippen LogP contribution in [0.5, 0.6) is 0 Å². The zero-order chi connectivity index (χ0) is 15.5. The molecule has 0 bridgehead atoms. The van der Waals surface area contributed by atoms with Crippen molar-refractivity contribution in [3.05, 3.63) is 82.0 Å². The second-order valence-electron chi connectivity index (χ2n) is 5.18. The van der Waals surface area contributed by atoms with Gasteiger partial charge in [0.15, 0.2) is 0 Å². The molecule has 1 aromatic heterocycles. The molecule has 0 unspecified atom stereocenters. The molecule has 0 aliphatic rings. The molecule has 0 saturated carbocycles. The van der Waals surface area contributed by atoms with Crippen LogP contribution in [-0.2, 0) is 6.42 Å². The van der Waals surface area contributed by atoms with Crippen molar-refractivity contribution in [3.63, 3.8) is 0 Å². The van der Waals surface area contributed by atoms with E-state index in [9.17, 15) is 4.39 Å². The Bertz CT molecular complexity index is 858. The van der Waals surface area contributed by atoms with Gasteiger partial charge in [-0.25, -0.2) is 4.39 Å². The van der Waals surface area contributed by atoms with E-state index in [-0.39, 0.29) is 5.56 Å². The molecule has 0 radical (unpaired) electrons. The summed E-state index contributed by atoms with van der Waals surface area (Å²) in [6, 6.07) is 19.0. The highest BCUT2D eigenvalue weighted by Crippen LogP contribution is 2.30. The zero-order valence-electron chi connectivity index (χ0n) is 12.1. The first-order valence-electron chi connectivity index (χ1n) is 7.00. The molecule has 22 heavy (non-hydrogen) atoms. The lowest BCUT2D eigenvalue weighted by Gasteiger charge is -2.03. The lowest BCUT2D eigenvalue weighted by molar-refractivity contribution is 0.624. The van der Waals surface area contributed by atoms with E-state index in [1.165, 1.54) is 28.1 Å². The number of nitriles is 1. The molecule has 0 fully saturated rings. The number of aryl methyl sites for hydroxylation is 1. The van der Waals surface area contributed by atoms with Crippen molar-refractivity contribution in [1.29, 1.82) is 5.26 Å². The van der Waals surface area contributed by atoms with Crippen molar-refractivity contribution in [1.82, 2.24) is 0 Å². The minimum atomic E-state index is -0.464. The SMILES string of the molecule is Cc1ccccc1Cc1ccc(-c2ccc(C#N)c(F)c2)s1. The molecule has 1 nitrogen and oxygen atoms in total. The van der Waals surface area contributed by atoms with Crippen LogP contribution in [0.2, 0.25) is 0 Å². The molecule has 3 heteroatoms. The Morgan fingerprint density at radius 1 is 1.09 bits per heavy atom. The molecule has 0 spiro atoms. The van der Waals surface area contributed by atoms with Gasteiger partial charge >= 0.3 is 0 Å². The van der Waals surface area contributed by atoms with Gasteiger partial charge in [0.1, 0.15) is 11.9 Å². The van der Waals surface area contributed by atoms with E-state index in [2.05, 4.69) is 25.1 Å². The standard InChI is InChI=1S/C19H14FNS/c1-13-4-2-3-5-14(13)10-17-8-9-19(22-17)15-6-7-16(12-21)18(20)11-15/h2-9,11H,10H2,1H3. The molecule has 108 valence electrons. The summed E-state index contributed by atoms with van der Waals surface area (Å²) in [6.45, 7) is 2.11. The van der Waals surface area contributed by atoms with Crippen LogP contribution in [0.4, 0.5) is 4.39 Å². The summed E-state index contributed by atoms with van der Waals surface area (Å²) in [5.41, 5.74) is 3.49. The zero-order valence-corrected chi connectivity index (χ0v) is 13.0. The summed E-state index contributed by atoms with van der Waals surface area (Å²) >= 11 is 1.66. The average molecular weight is 307 g/mol. The van der Waals surface area contributed by atoms with E-state index in [4.69, 9.17) is 5.26 Å². The van der Waals surface area contributed by atoms with Crippen LogP contribution in [-0.4, -0.2) is 0 Å². The van der Waals surface area contributed by atoms with Crippen molar-refractivity contribution >= 4 is 11.3 Å². The second-order valence-corrected chi connectivity index (χ2v) is 6.34. The largest absolute Gasteiger partial charge is 0.206 e. The van der Waals surface area contributed by atoms with Crippen molar-refractivity contribution in [2.45, 2.75) is 13.3 Å². The second kappa shape index (κ2) is 6.13. The minimum Gasteiger partial charge on any atom is -0.206 e. The predicted octanol–water partition coefficient (Wildman–Crippen LogP) is 5.33. The Balaban J connectivity index is 1.87. The van der Waals surface area contributed by atoms with Gasteiger partial charge in [-0.3, -0.25) is 0 Å². The quantitative estimate of drug-likeness (QED) is 0.642. The molecule has 3 rings (SSSR count). The minimum absolute atomic E-state index is 0.0837. The van der Waals surface area contributed by atoms with Crippen LogP contribution < -0.4 is 0 Å². The van der Waals surface area contributed by atoms with Gasteiger partial charge in [0, 0.05) is 16.2 Å². The Labute approximate surface area is 133 Å². The van der Waals surface area contributed by atoms with Crippen molar-refractivity contribution < 1.29 is 4.39 Å². The summed E-state index contributed by atoms with van der Waals surface area (Å²) in [7, 11) is 0. The Morgan fingerprint density at radius 3 is 2.64 bits per heavy atom. The number of rotatable bonds is 3. The highest BCUT2D eigenvalue weighted by molar-refractivity contribution is 7.15. The molecule has 2 aromatic carbocycles. The lowest BCUT2D eigenvalue weighted by Crippen LogP contribution is -1.87. The summed E-state index contributed by atoms with van der Waals surface area (Å²) in [5, 5.41) is 8.79. The third kappa shape index (κ3) is 2.93. The van der Waals surface area contributed by atoms with E-state index >= 15 is 0 Å². The lowest BCUT2D eigenvalue weighted by atomic mass is 10.1. The highest BCUT2D eigenvalue weighted by atomic mass is 32.1. The molecule has 1 heterocycles. The van der Waals surface area contributed by atoms with Crippen LogP contribution in [0.25, 0.3) is 10.4 Å². The van der Waals surface area contributed by atoms with Crippen molar-refractivity contribution in [2.75, 3.05) is 0 Å². The fourth-order valence-electron chi connectivity index (χ4n) is 2.38. The Kier molecular flexibility index (Phi) is 4.04. The molecule has 0 N–H and O–H groups in total. The van der Waals surface area contributed by atoms with E-state index < -0.39 is 5.82 Å². The van der Waals surface area contributed by atoms with Gasteiger partial charge in [0.05, 0.1) is 5.56 Å².